The molecule has 0 saturated heterocycles. The first-order valence-electron chi connectivity index (χ1n) is 11.5. The minimum atomic E-state index is -0.666. The molecule has 0 bridgehead atoms. The second-order valence-corrected chi connectivity index (χ2v) is 8.53. The van der Waals surface area contributed by atoms with Crippen LogP contribution in [0.25, 0.3) is 33.1 Å². The number of ether oxygens (including phenoxy) is 2. The van der Waals surface area contributed by atoms with Gasteiger partial charge in [0, 0.05) is 16.3 Å². The van der Waals surface area contributed by atoms with Crippen molar-refractivity contribution < 1.29 is 27.1 Å². The maximum Gasteiger partial charge on any atom is 0.208 e. The minimum absolute atomic E-state index is 0.00603. The highest BCUT2D eigenvalue weighted by molar-refractivity contribution is 6.06. The van der Waals surface area contributed by atoms with Gasteiger partial charge in [0.2, 0.25) is 5.82 Å². The van der Waals surface area contributed by atoms with Crippen LogP contribution in [0.1, 0.15) is 45.4 Å². The molecule has 1 saturated carbocycles. The van der Waals surface area contributed by atoms with Gasteiger partial charge < -0.3 is 13.9 Å². The van der Waals surface area contributed by atoms with Gasteiger partial charge in [-0.2, -0.15) is 4.39 Å². The lowest BCUT2D eigenvalue weighted by atomic mass is 10.0. The molecule has 1 aromatic heterocycles. The molecular weight excluding hydrogens is 429 g/mol. The molecule has 0 radical (unpaired) electrons. The standard InChI is InChI=1S/C27H25F3O3/c1-2-3-14-31-22-12-8-16(15-21(22)28)18-9-10-19-20-11-13-23(32-17-6-4-5-7-17)25(30)27(20)33-26(19)24(18)29/h8-13,15,17H,2-7,14H2,1H3. The fourth-order valence-electron chi connectivity index (χ4n) is 4.43. The number of halogens is 3. The van der Waals surface area contributed by atoms with E-state index in [2.05, 4.69) is 0 Å². The summed E-state index contributed by atoms with van der Waals surface area (Å²) < 4.78 is 62.0. The zero-order valence-corrected chi connectivity index (χ0v) is 18.4. The summed E-state index contributed by atoms with van der Waals surface area (Å²) in [5, 5.41) is 0.926. The molecule has 4 aromatic rings. The van der Waals surface area contributed by atoms with Crippen LogP contribution >= 0.6 is 0 Å². The van der Waals surface area contributed by atoms with Crippen molar-refractivity contribution >= 4 is 21.9 Å². The van der Waals surface area contributed by atoms with Crippen molar-refractivity contribution in [2.75, 3.05) is 6.61 Å². The van der Waals surface area contributed by atoms with Crippen molar-refractivity contribution in [1.29, 1.82) is 0 Å². The van der Waals surface area contributed by atoms with Gasteiger partial charge >= 0.3 is 0 Å². The number of furan rings is 1. The molecule has 33 heavy (non-hydrogen) atoms. The van der Waals surface area contributed by atoms with E-state index in [4.69, 9.17) is 13.9 Å². The first-order valence-corrected chi connectivity index (χ1v) is 11.5. The molecule has 0 N–H and O–H groups in total. The van der Waals surface area contributed by atoms with Crippen molar-refractivity contribution in [1.82, 2.24) is 0 Å². The molecule has 1 aliphatic carbocycles. The molecule has 1 heterocycles. The SMILES string of the molecule is CCCCOc1ccc(-c2ccc3c(oc4c(F)c(OC5CCCC5)ccc43)c2F)cc1F. The third-order valence-corrected chi connectivity index (χ3v) is 6.25. The van der Waals surface area contributed by atoms with Gasteiger partial charge in [-0.25, -0.2) is 8.78 Å². The van der Waals surface area contributed by atoms with E-state index in [0.717, 1.165) is 38.5 Å². The van der Waals surface area contributed by atoms with Gasteiger partial charge in [-0.05, 0) is 68.0 Å². The van der Waals surface area contributed by atoms with Gasteiger partial charge in [-0.3, -0.25) is 0 Å². The Labute approximate surface area is 190 Å². The largest absolute Gasteiger partial charge is 0.491 e. The van der Waals surface area contributed by atoms with Crippen molar-refractivity contribution in [2.24, 2.45) is 0 Å². The van der Waals surface area contributed by atoms with Crippen molar-refractivity contribution in [3.8, 4) is 22.6 Å². The Morgan fingerprint density at radius 2 is 1.58 bits per heavy atom. The molecule has 0 unspecified atom stereocenters. The monoisotopic (exact) mass is 454 g/mol. The average Bonchev–Trinajstić information content (AvgIpc) is 3.46. The minimum Gasteiger partial charge on any atom is -0.491 e. The molecule has 6 heteroatoms. The van der Waals surface area contributed by atoms with E-state index in [9.17, 15) is 4.39 Å². The summed E-state index contributed by atoms with van der Waals surface area (Å²) in [4.78, 5) is 0. The molecule has 172 valence electrons. The smallest absolute Gasteiger partial charge is 0.208 e. The maximum absolute atomic E-state index is 15.4. The first-order chi connectivity index (χ1) is 16.1. The third-order valence-electron chi connectivity index (χ3n) is 6.25. The van der Waals surface area contributed by atoms with Crippen LogP contribution in [0, 0.1) is 17.5 Å². The van der Waals surface area contributed by atoms with Crippen molar-refractivity contribution in [2.45, 2.75) is 51.6 Å². The number of hydrogen-bond donors (Lipinski definition) is 0. The van der Waals surface area contributed by atoms with Gasteiger partial charge in [0.05, 0.1) is 12.7 Å². The topological polar surface area (TPSA) is 31.6 Å². The van der Waals surface area contributed by atoms with E-state index in [1.54, 1.807) is 30.3 Å². The van der Waals surface area contributed by atoms with Crippen LogP contribution in [0.2, 0.25) is 0 Å². The van der Waals surface area contributed by atoms with Crippen LogP contribution in [0.3, 0.4) is 0 Å². The predicted octanol–water partition coefficient (Wildman–Crippen LogP) is 8.17. The molecule has 1 fully saturated rings. The lowest BCUT2D eigenvalue weighted by Crippen LogP contribution is -2.11. The van der Waals surface area contributed by atoms with Crippen LogP contribution < -0.4 is 9.47 Å². The highest BCUT2D eigenvalue weighted by Gasteiger charge is 2.23. The Hall–Kier alpha value is -3.15. The van der Waals surface area contributed by atoms with E-state index >= 15 is 8.78 Å². The highest BCUT2D eigenvalue weighted by Crippen LogP contribution is 2.39. The van der Waals surface area contributed by atoms with Crippen LogP contribution in [0.4, 0.5) is 13.2 Å². The Bertz CT molecular complexity index is 1310. The predicted molar refractivity (Wildman–Crippen MR) is 122 cm³/mol. The van der Waals surface area contributed by atoms with E-state index in [1.807, 2.05) is 6.92 Å². The van der Waals surface area contributed by atoms with E-state index < -0.39 is 17.5 Å². The van der Waals surface area contributed by atoms with Gasteiger partial charge in [-0.1, -0.05) is 25.5 Å². The molecule has 1 aliphatic rings. The highest BCUT2D eigenvalue weighted by atomic mass is 19.1. The quantitative estimate of drug-likeness (QED) is 0.264. The van der Waals surface area contributed by atoms with Gasteiger partial charge in [0.15, 0.2) is 34.3 Å². The summed E-state index contributed by atoms with van der Waals surface area (Å²) in [5.74, 6) is -1.60. The normalized spacial score (nSPS) is 14.4. The van der Waals surface area contributed by atoms with Gasteiger partial charge in [0.25, 0.3) is 0 Å². The summed E-state index contributed by atoms with van der Waals surface area (Å²) >= 11 is 0. The fraction of sp³-hybridized carbons (Fsp3) is 0.333. The zero-order chi connectivity index (χ0) is 22.9. The second kappa shape index (κ2) is 9.00. The molecule has 0 spiro atoms. The third kappa shape index (κ3) is 4.03. The number of hydrogen-bond acceptors (Lipinski definition) is 3. The lowest BCUT2D eigenvalue weighted by molar-refractivity contribution is 0.201. The van der Waals surface area contributed by atoms with Crippen molar-refractivity contribution in [3.05, 3.63) is 59.9 Å². The summed E-state index contributed by atoms with van der Waals surface area (Å²) in [6.07, 6.45) is 5.69. The summed E-state index contributed by atoms with van der Waals surface area (Å²) in [6, 6.07) is 10.8. The van der Waals surface area contributed by atoms with Crippen LogP contribution in [-0.2, 0) is 0 Å². The number of benzene rings is 3. The molecule has 3 aromatic carbocycles. The van der Waals surface area contributed by atoms with E-state index in [-0.39, 0.29) is 34.3 Å². The fourth-order valence-corrected chi connectivity index (χ4v) is 4.43. The van der Waals surface area contributed by atoms with Gasteiger partial charge in [-0.15, -0.1) is 0 Å². The van der Waals surface area contributed by atoms with Gasteiger partial charge in [0.1, 0.15) is 0 Å². The second-order valence-electron chi connectivity index (χ2n) is 8.53. The average molecular weight is 454 g/mol. The van der Waals surface area contributed by atoms with Crippen molar-refractivity contribution in [3.63, 3.8) is 0 Å². The molecule has 5 rings (SSSR count). The lowest BCUT2D eigenvalue weighted by Gasteiger charge is -2.13. The number of rotatable bonds is 7. The number of fused-ring (bicyclic) bond motifs is 3. The summed E-state index contributed by atoms with van der Waals surface area (Å²) in [6.45, 7) is 2.44. The van der Waals surface area contributed by atoms with E-state index in [1.165, 1.54) is 12.1 Å². The molecule has 3 nitrogen and oxygen atoms in total. The van der Waals surface area contributed by atoms with Crippen LogP contribution in [-0.4, -0.2) is 12.7 Å². The molecule has 0 aliphatic heterocycles. The summed E-state index contributed by atoms with van der Waals surface area (Å²) in [5.41, 5.74) is 0.412. The Kier molecular flexibility index (Phi) is 5.92. The maximum atomic E-state index is 15.4. The molecule has 0 atom stereocenters. The van der Waals surface area contributed by atoms with E-state index in [0.29, 0.717) is 22.9 Å². The summed E-state index contributed by atoms with van der Waals surface area (Å²) in [7, 11) is 0. The van der Waals surface area contributed by atoms with Crippen LogP contribution in [0.5, 0.6) is 11.5 Å². The first kappa shape index (κ1) is 21.7. The Balaban J connectivity index is 1.51. The Morgan fingerprint density at radius 1 is 0.879 bits per heavy atom. The molecule has 0 amide bonds. The number of unbranched alkanes of at least 4 members (excludes halogenated alkanes) is 1. The zero-order valence-electron chi connectivity index (χ0n) is 18.4. The Morgan fingerprint density at radius 3 is 2.30 bits per heavy atom. The molecular formula is C27H25F3O3. The van der Waals surface area contributed by atoms with Crippen LogP contribution in [0.15, 0.2) is 46.9 Å².